The number of para-hydroxylation sites is 1. The van der Waals surface area contributed by atoms with Gasteiger partial charge in [0.25, 0.3) is 5.91 Å². The minimum absolute atomic E-state index is 0.00751. The van der Waals surface area contributed by atoms with Crippen molar-refractivity contribution in [1.29, 1.82) is 5.41 Å². The molecule has 0 radical (unpaired) electrons. The number of fused-ring (bicyclic) bond motifs is 1. The molecule has 0 spiro atoms. The maximum absolute atomic E-state index is 13.1. The quantitative estimate of drug-likeness (QED) is 0.127. The maximum Gasteiger partial charge on any atom is 0.277 e. The fourth-order valence-electron chi connectivity index (χ4n) is 4.74. The fourth-order valence-corrected chi connectivity index (χ4v) is 4.74. The van der Waals surface area contributed by atoms with E-state index in [9.17, 15) is 9.90 Å². The predicted molar refractivity (Wildman–Crippen MR) is 150 cm³/mol. The third kappa shape index (κ3) is 4.90. The summed E-state index contributed by atoms with van der Waals surface area (Å²) in [5, 5.41) is 32.9. The molecule has 4 aromatic rings. The molecule has 0 saturated carbocycles. The van der Waals surface area contributed by atoms with Gasteiger partial charge in [-0.2, -0.15) is 10.2 Å². The van der Waals surface area contributed by atoms with Gasteiger partial charge in [0, 0.05) is 16.8 Å². The van der Waals surface area contributed by atoms with E-state index in [-0.39, 0.29) is 22.6 Å². The SMILES string of the molecule is CC(=N)/C(=N/Nc1cccc(-c2cccc(-c3ncn[nH]3)c2)c1O)C(=O)Nc1ccc2c(c1)C(C)(C)CC2. The molecule has 0 saturated heterocycles. The molecular formula is C29H29N7O2. The number of amides is 1. The molecule has 38 heavy (non-hydrogen) atoms. The van der Waals surface area contributed by atoms with Crippen LogP contribution < -0.4 is 10.7 Å². The van der Waals surface area contributed by atoms with Gasteiger partial charge in [0.15, 0.2) is 11.5 Å². The van der Waals surface area contributed by atoms with Crippen molar-refractivity contribution >= 4 is 28.7 Å². The molecular weight excluding hydrogens is 478 g/mol. The lowest BCUT2D eigenvalue weighted by atomic mass is 9.86. The molecule has 3 aromatic carbocycles. The number of aromatic hydroxyl groups is 1. The lowest BCUT2D eigenvalue weighted by Gasteiger charge is -2.19. The van der Waals surface area contributed by atoms with E-state index in [0.717, 1.165) is 24.0 Å². The second kappa shape index (κ2) is 9.93. The van der Waals surface area contributed by atoms with E-state index < -0.39 is 5.91 Å². The summed E-state index contributed by atoms with van der Waals surface area (Å²) in [7, 11) is 0. The minimum Gasteiger partial charge on any atom is -0.505 e. The molecule has 5 rings (SSSR count). The van der Waals surface area contributed by atoms with Crippen LogP contribution in [0.3, 0.4) is 0 Å². The van der Waals surface area contributed by atoms with E-state index >= 15 is 0 Å². The lowest BCUT2D eigenvalue weighted by molar-refractivity contribution is -0.110. The topological polar surface area (TPSA) is 139 Å². The number of aromatic amines is 1. The summed E-state index contributed by atoms with van der Waals surface area (Å²) in [6, 6.07) is 18.7. The summed E-state index contributed by atoms with van der Waals surface area (Å²) < 4.78 is 0. The summed E-state index contributed by atoms with van der Waals surface area (Å²) >= 11 is 0. The molecule has 192 valence electrons. The Morgan fingerprint density at radius 3 is 2.66 bits per heavy atom. The highest BCUT2D eigenvalue weighted by molar-refractivity contribution is 6.67. The number of hydrogen-bond acceptors (Lipinski definition) is 7. The monoisotopic (exact) mass is 507 g/mol. The van der Waals surface area contributed by atoms with Crippen LogP contribution in [-0.4, -0.2) is 37.6 Å². The highest BCUT2D eigenvalue weighted by Crippen LogP contribution is 2.39. The van der Waals surface area contributed by atoms with Crippen LogP contribution >= 0.6 is 0 Å². The molecule has 1 aliphatic carbocycles. The number of nitrogens with zero attached hydrogens (tertiary/aromatic N) is 3. The number of anilines is 2. The first-order valence-corrected chi connectivity index (χ1v) is 12.3. The Bertz CT molecular complexity index is 1560. The zero-order chi connectivity index (χ0) is 26.9. The molecule has 1 amide bonds. The minimum atomic E-state index is -0.504. The Balaban J connectivity index is 1.38. The molecule has 1 aliphatic rings. The molecule has 0 aliphatic heterocycles. The largest absolute Gasteiger partial charge is 0.505 e. The number of carbonyl (C=O) groups is 1. The molecule has 9 nitrogen and oxygen atoms in total. The van der Waals surface area contributed by atoms with Crippen LogP contribution in [0.1, 0.15) is 38.3 Å². The van der Waals surface area contributed by atoms with Crippen LogP contribution in [0.2, 0.25) is 0 Å². The highest BCUT2D eigenvalue weighted by Gasteiger charge is 2.30. The number of benzene rings is 3. The van der Waals surface area contributed by atoms with E-state index in [1.165, 1.54) is 24.4 Å². The smallest absolute Gasteiger partial charge is 0.277 e. The third-order valence-electron chi connectivity index (χ3n) is 6.87. The Labute approximate surface area is 220 Å². The van der Waals surface area contributed by atoms with Gasteiger partial charge >= 0.3 is 0 Å². The van der Waals surface area contributed by atoms with E-state index in [4.69, 9.17) is 5.41 Å². The van der Waals surface area contributed by atoms with Gasteiger partial charge in [0.1, 0.15) is 12.1 Å². The van der Waals surface area contributed by atoms with Gasteiger partial charge in [-0.05, 0) is 66.1 Å². The van der Waals surface area contributed by atoms with Crippen LogP contribution in [-0.2, 0) is 16.6 Å². The molecule has 0 bridgehead atoms. The third-order valence-corrected chi connectivity index (χ3v) is 6.87. The second-order valence-corrected chi connectivity index (χ2v) is 10.0. The Morgan fingerprint density at radius 1 is 1.11 bits per heavy atom. The van der Waals surface area contributed by atoms with Crippen molar-refractivity contribution in [1.82, 2.24) is 15.2 Å². The summed E-state index contributed by atoms with van der Waals surface area (Å²) in [5.41, 5.74) is 8.40. The standard InChI is InChI=1S/C29H29N7O2/c1-17(30)25(28(38)33-21-11-10-18-12-13-29(2,3)23(18)15-21)35-34-24-9-5-8-22(26(24)37)19-6-4-7-20(14-19)27-31-16-32-36-27/h4-11,14-16,30,34,37H,12-13H2,1-3H3,(H,33,38)(H,31,32,36)/b30-17?,35-25-. The predicted octanol–water partition coefficient (Wildman–Crippen LogP) is 5.51. The zero-order valence-corrected chi connectivity index (χ0v) is 21.5. The van der Waals surface area contributed by atoms with Crippen molar-refractivity contribution in [3.8, 4) is 28.3 Å². The first-order chi connectivity index (χ1) is 18.2. The van der Waals surface area contributed by atoms with Crippen LogP contribution in [0.4, 0.5) is 11.4 Å². The Kier molecular flexibility index (Phi) is 6.50. The van der Waals surface area contributed by atoms with Gasteiger partial charge in [-0.1, -0.05) is 50.2 Å². The first kappa shape index (κ1) is 24.9. The molecule has 0 atom stereocenters. The van der Waals surface area contributed by atoms with Crippen LogP contribution in [0, 0.1) is 5.41 Å². The van der Waals surface area contributed by atoms with Crippen molar-refractivity contribution in [2.75, 3.05) is 10.7 Å². The van der Waals surface area contributed by atoms with Crippen LogP contribution in [0.25, 0.3) is 22.5 Å². The van der Waals surface area contributed by atoms with Gasteiger partial charge in [0.2, 0.25) is 0 Å². The number of aromatic nitrogens is 3. The number of carbonyl (C=O) groups excluding carboxylic acids is 1. The Morgan fingerprint density at radius 2 is 1.89 bits per heavy atom. The van der Waals surface area contributed by atoms with E-state index in [0.29, 0.717) is 22.8 Å². The number of hydrogen-bond donors (Lipinski definition) is 5. The average Bonchev–Trinajstić information content (AvgIpc) is 3.53. The summed E-state index contributed by atoms with van der Waals surface area (Å²) in [6.45, 7) is 5.90. The van der Waals surface area contributed by atoms with E-state index in [1.807, 2.05) is 42.5 Å². The molecule has 9 heteroatoms. The molecule has 0 unspecified atom stereocenters. The number of H-pyrrole nitrogens is 1. The molecule has 5 N–H and O–H groups in total. The molecule has 1 aromatic heterocycles. The van der Waals surface area contributed by atoms with Gasteiger partial charge in [-0.15, -0.1) is 0 Å². The number of rotatable bonds is 7. The number of aryl methyl sites for hydroxylation is 1. The molecule has 0 fully saturated rings. The van der Waals surface area contributed by atoms with Gasteiger partial charge in [-0.25, -0.2) is 4.98 Å². The van der Waals surface area contributed by atoms with Crippen LogP contribution in [0.5, 0.6) is 5.75 Å². The van der Waals surface area contributed by atoms with Gasteiger partial charge in [0.05, 0.1) is 11.4 Å². The number of hydrazone groups is 1. The van der Waals surface area contributed by atoms with Crippen molar-refractivity contribution in [3.05, 3.63) is 78.1 Å². The normalized spacial score (nSPS) is 14.1. The fraction of sp³-hybridized carbons (Fsp3) is 0.207. The summed E-state index contributed by atoms with van der Waals surface area (Å²) in [5.74, 6) is 0.0830. The van der Waals surface area contributed by atoms with Crippen molar-refractivity contribution in [2.24, 2.45) is 5.10 Å². The van der Waals surface area contributed by atoms with Crippen molar-refractivity contribution in [3.63, 3.8) is 0 Å². The highest BCUT2D eigenvalue weighted by atomic mass is 16.3. The lowest BCUT2D eigenvalue weighted by Crippen LogP contribution is -2.29. The van der Waals surface area contributed by atoms with Crippen LogP contribution in [0.15, 0.2) is 72.1 Å². The maximum atomic E-state index is 13.1. The summed E-state index contributed by atoms with van der Waals surface area (Å²) in [6.07, 6.45) is 3.54. The average molecular weight is 508 g/mol. The van der Waals surface area contributed by atoms with Gasteiger partial charge in [-0.3, -0.25) is 15.3 Å². The number of nitrogens with one attached hydrogen (secondary N) is 4. The first-order valence-electron chi connectivity index (χ1n) is 12.3. The second-order valence-electron chi connectivity index (χ2n) is 10.0. The van der Waals surface area contributed by atoms with E-state index in [1.54, 1.807) is 18.2 Å². The molecule has 1 heterocycles. The zero-order valence-electron chi connectivity index (χ0n) is 21.5. The summed E-state index contributed by atoms with van der Waals surface area (Å²) in [4.78, 5) is 17.2. The van der Waals surface area contributed by atoms with Gasteiger partial charge < -0.3 is 15.8 Å². The Hall–Kier alpha value is -4.79. The van der Waals surface area contributed by atoms with E-state index in [2.05, 4.69) is 44.9 Å². The number of phenolic OH excluding ortho intramolecular Hbond substituents is 1. The van der Waals surface area contributed by atoms with Crippen molar-refractivity contribution in [2.45, 2.75) is 39.0 Å². The van der Waals surface area contributed by atoms with Crippen molar-refractivity contribution < 1.29 is 9.90 Å². The number of phenols is 1.